The minimum Gasteiger partial charge on any atom is -0.436 e. The summed E-state index contributed by atoms with van der Waals surface area (Å²) >= 11 is 0. The van der Waals surface area contributed by atoms with Crippen molar-refractivity contribution in [3.8, 4) is 33.7 Å². The number of rotatable bonds is 2. The van der Waals surface area contributed by atoms with Crippen molar-refractivity contribution in [2.75, 3.05) is 0 Å². The fourth-order valence-electron chi connectivity index (χ4n) is 7.84. The smallest absolute Gasteiger partial charge is 0.227 e. The maximum absolute atomic E-state index is 6.05. The largest absolute Gasteiger partial charge is 0.436 e. The predicted octanol–water partition coefficient (Wildman–Crippen LogP) is 10.2. The maximum atomic E-state index is 6.05. The lowest BCUT2D eigenvalue weighted by Crippen LogP contribution is -2.40. The van der Waals surface area contributed by atoms with E-state index in [1.807, 2.05) is 24.3 Å². The second-order valence-electron chi connectivity index (χ2n) is 12.3. The van der Waals surface area contributed by atoms with Gasteiger partial charge < -0.3 is 4.42 Å². The third-order valence-electron chi connectivity index (χ3n) is 9.81. The summed E-state index contributed by atoms with van der Waals surface area (Å²) in [5.41, 5.74) is 15.4. The summed E-state index contributed by atoms with van der Waals surface area (Å²) in [4.78, 5) is 4.70. The summed E-state index contributed by atoms with van der Waals surface area (Å²) in [6, 6.07) is 50.8. The van der Waals surface area contributed by atoms with Crippen LogP contribution < -0.4 is 0 Å². The summed E-state index contributed by atoms with van der Waals surface area (Å²) in [6.45, 7) is 4.75. The van der Waals surface area contributed by atoms with Crippen LogP contribution in [0.5, 0.6) is 0 Å². The van der Waals surface area contributed by atoms with Crippen molar-refractivity contribution >= 4 is 11.1 Å². The molecule has 0 N–H and O–H groups in total. The van der Waals surface area contributed by atoms with E-state index < -0.39 is 0 Å². The van der Waals surface area contributed by atoms with E-state index in [2.05, 4.69) is 129 Å². The van der Waals surface area contributed by atoms with Crippen LogP contribution in [-0.2, 0) is 10.8 Å². The molecule has 0 saturated carbocycles. The lowest BCUT2D eigenvalue weighted by Gasteiger charge is -2.46. The molecule has 2 aliphatic rings. The second-order valence-corrected chi connectivity index (χ2v) is 12.3. The number of benzene rings is 6. The van der Waals surface area contributed by atoms with Crippen LogP contribution in [0.2, 0.25) is 0 Å². The topological polar surface area (TPSA) is 26.0 Å². The van der Waals surface area contributed by atoms with E-state index >= 15 is 0 Å². The minimum absolute atomic E-state index is 0.140. The van der Waals surface area contributed by atoms with Crippen LogP contribution in [0.25, 0.3) is 44.8 Å². The summed E-state index contributed by atoms with van der Waals surface area (Å²) in [5.74, 6) is 0.648. The lowest BCUT2D eigenvalue weighted by atomic mass is 9.55. The first-order chi connectivity index (χ1) is 21.1. The quantitative estimate of drug-likeness (QED) is 0.214. The molecule has 0 atom stereocenters. The van der Waals surface area contributed by atoms with E-state index in [9.17, 15) is 0 Å². The van der Waals surface area contributed by atoms with Crippen LogP contribution in [0.15, 0.2) is 144 Å². The third-order valence-corrected chi connectivity index (χ3v) is 9.81. The number of oxazole rings is 1. The molecule has 0 aliphatic heterocycles. The number of aromatic nitrogens is 1. The first-order valence-corrected chi connectivity index (χ1v) is 15.0. The second kappa shape index (κ2) is 8.65. The highest BCUT2D eigenvalue weighted by Gasteiger charge is 2.53. The fourth-order valence-corrected chi connectivity index (χ4v) is 7.84. The molecule has 0 amide bonds. The van der Waals surface area contributed by atoms with Crippen molar-refractivity contribution in [3.05, 3.63) is 173 Å². The van der Waals surface area contributed by atoms with Crippen LogP contribution in [0, 0.1) is 0 Å². The molecule has 0 unspecified atom stereocenters. The molecule has 2 aliphatic carbocycles. The van der Waals surface area contributed by atoms with Gasteiger partial charge in [-0.15, -0.1) is 0 Å². The Labute approximate surface area is 251 Å². The Morgan fingerprint density at radius 1 is 0.465 bits per heavy atom. The molecule has 2 heteroatoms. The Balaban J connectivity index is 1.27. The van der Waals surface area contributed by atoms with Gasteiger partial charge in [0.2, 0.25) is 5.89 Å². The highest BCUT2D eigenvalue weighted by atomic mass is 16.3. The highest BCUT2D eigenvalue weighted by Crippen LogP contribution is 2.62. The van der Waals surface area contributed by atoms with Gasteiger partial charge in [-0.1, -0.05) is 123 Å². The Kier molecular flexibility index (Phi) is 4.91. The average molecular weight is 552 g/mol. The SMILES string of the molecule is CC1(C)c2ccccc2C2(c3ccccc3-c3ccccc32)c2cc(-c3ccc(-c4nc5ccccc5o4)cc3)ccc21. The van der Waals surface area contributed by atoms with Crippen molar-refractivity contribution < 1.29 is 4.42 Å². The molecular formula is C41H29NO. The van der Waals surface area contributed by atoms with Crippen molar-refractivity contribution in [2.45, 2.75) is 24.7 Å². The molecule has 1 heterocycles. The van der Waals surface area contributed by atoms with Crippen molar-refractivity contribution in [1.29, 1.82) is 0 Å². The van der Waals surface area contributed by atoms with Gasteiger partial charge in [0.1, 0.15) is 5.52 Å². The Morgan fingerprint density at radius 2 is 1.00 bits per heavy atom. The highest BCUT2D eigenvalue weighted by molar-refractivity contribution is 5.89. The van der Waals surface area contributed by atoms with Gasteiger partial charge in [0, 0.05) is 11.0 Å². The Hall–Kier alpha value is -5.21. The fraction of sp³-hybridized carbons (Fsp3) is 0.0976. The summed E-state index contributed by atoms with van der Waals surface area (Å²) in [7, 11) is 0. The molecule has 204 valence electrons. The van der Waals surface area contributed by atoms with Crippen molar-refractivity contribution in [2.24, 2.45) is 0 Å². The van der Waals surface area contributed by atoms with Gasteiger partial charge in [0.15, 0.2) is 5.58 Å². The van der Waals surface area contributed by atoms with E-state index in [1.165, 1.54) is 55.6 Å². The summed E-state index contributed by atoms with van der Waals surface area (Å²) in [5, 5.41) is 0. The van der Waals surface area contributed by atoms with Gasteiger partial charge >= 0.3 is 0 Å². The van der Waals surface area contributed by atoms with Gasteiger partial charge in [-0.25, -0.2) is 4.98 Å². The number of hydrogen-bond donors (Lipinski definition) is 0. The van der Waals surface area contributed by atoms with Gasteiger partial charge in [0.25, 0.3) is 0 Å². The number of para-hydroxylation sites is 2. The molecule has 0 fully saturated rings. The van der Waals surface area contributed by atoms with Crippen LogP contribution in [0.1, 0.15) is 47.2 Å². The van der Waals surface area contributed by atoms with Crippen LogP contribution in [-0.4, -0.2) is 4.98 Å². The Morgan fingerprint density at radius 3 is 1.70 bits per heavy atom. The number of nitrogens with zero attached hydrogens (tertiary/aromatic N) is 1. The number of hydrogen-bond acceptors (Lipinski definition) is 2. The average Bonchev–Trinajstić information content (AvgIpc) is 3.62. The van der Waals surface area contributed by atoms with E-state index in [4.69, 9.17) is 9.40 Å². The molecule has 9 rings (SSSR count). The van der Waals surface area contributed by atoms with E-state index in [-0.39, 0.29) is 10.8 Å². The molecule has 2 nitrogen and oxygen atoms in total. The van der Waals surface area contributed by atoms with Gasteiger partial charge in [-0.3, -0.25) is 0 Å². The minimum atomic E-state index is -0.386. The molecule has 1 aromatic heterocycles. The number of fused-ring (bicyclic) bond motifs is 10. The van der Waals surface area contributed by atoms with E-state index in [0.717, 1.165) is 16.7 Å². The predicted molar refractivity (Wildman–Crippen MR) is 174 cm³/mol. The van der Waals surface area contributed by atoms with Crippen LogP contribution in [0.3, 0.4) is 0 Å². The van der Waals surface area contributed by atoms with Crippen LogP contribution in [0.4, 0.5) is 0 Å². The van der Waals surface area contributed by atoms with Crippen LogP contribution >= 0.6 is 0 Å². The first kappa shape index (κ1) is 24.4. The maximum Gasteiger partial charge on any atom is 0.227 e. The zero-order valence-electron chi connectivity index (χ0n) is 24.1. The molecular weight excluding hydrogens is 522 g/mol. The van der Waals surface area contributed by atoms with E-state index in [1.54, 1.807) is 0 Å². The first-order valence-electron chi connectivity index (χ1n) is 15.0. The standard InChI is InChI=1S/C41H29NO/c1-40(2)33-15-7-8-16-35(33)41(31-13-5-3-11-29(31)30-12-4-6-14-32(30)41)36-25-28(23-24-34(36)40)26-19-21-27(22-20-26)39-42-37-17-9-10-18-38(37)43-39/h3-25H,1-2H3. The normalized spacial score (nSPS) is 15.1. The molecule has 1 spiro atoms. The zero-order valence-corrected chi connectivity index (χ0v) is 24.1. The molecule has 0 saturated heterocycles. The van der Waals surface area contributed by atoms with Gasteiger partial charge in [-0.2, -0.15) is 0 Å². The van der Waals surface area contributed by atoms with Gasteiger partial charge in [-0.05, 0) is 86.0 Å². The van der Waals surface area contributed by atoms with E-state index in [0.29, 0.717) is 5.89 Å². The van der Waals surface area contributed by atoms with Crippen molar-refractivity contribution in [1.82, 2.24) is 4.98 Å². The summed E-state index contributed by atoms with van der Waals surface area (Å²) < 4.78 is 6.05. The molecule has 0 bridgehead atoms. The van der Waals surface area contributed by atoms with Gasteiger partial charge in [0.05, 0.1) is 5.41 Å². The third kappa shape index (κ3) is 3.21. The molecule has 6 aromatic carbocycles. The molecule has 43 heavy (non-hydrogen) atoms. The van der Waals surface area contributed by atoms with Crippen molar-refractivity contribution in [3.63, 3.8) is 0 Å². The molecule has 7 aromatic rings. The monoisotopic (exact) mass is 551 g/mol. The Bertz CT molecular complexity index is 2140. The zero-order chi connectivity index (χ0) is 28.8. The summed E-state index contributed by atoms with van der Waals surface area (Å²) in [6.07, 6.45) is 0. The lowest BCUT2D eigenvalue weighted by molar-refractivity contribution is 0.563. The molecule has 0 radical (unpaired) electrons.